The van der Waals surface area contributed by atoms with Crippen molar-refractivity contribution >= 4 is 11.6 Å². The van der Waals surface area contributed by atoms with Crippen LogP contribution < -0.4 is 0 Å². The summed E-state index contributed by atoms with van der Waals surface area (Å²) in [4.78, 5) is 0. The minimum absolute atomic E-state index is 0.987. The fraction of sp³-hybridized carbons (Fsp3) is 0.0769. The Morgan fingerprint density at radius 2 is 1.93 bits per heavy atom. The third-order valence-electron chi connectivity index (χ3n) is 2.60. The van der Waals surface area contributed by atoms with E-state index in [1.807, 2.05) is 12.1 Å². The molecule has 0 saturated carbocycles. The Labute approximate surface area is 82.7 Å². The van der Waals surface area contributed by atoms with Crippen LogP contribution in [0.15, 0.2) is 47.1 Å². The van der Waals surface area contributed by atoms with Gasteiger partial charge in [0.05, 0.1) is 6.26 Å². The molecule has 0 saturated heterocycles. The largest absolute Gasteiger partial charge is 0.465 e. The number of hydrogen-bond donors (Lipinski definition) is 0. The Morgan fingerprint density at radius 3 is 2.71 bits per heavy atom. The monoisotopic (exact) mass is 182 g/mol. The van der Waals surface area contributed by atoms with E-state index in [0.29, 0.717) is 0 Å². The van der Waals surface area contributed by atoms with Gasteiger partial charge in [0.2, 0.25) is 0 Å². The summed E-state index contributed by atoms with van der Waals surface area (Å²) in [5.74, 6) is 0.987. The number of furan rings is 1. The molecule has 1 heterocycles. The molecular formula is C13H10O. The third-order valence-corrected chi connectivity index (χ3v) is 2.60. The molecule has 0 bridgehead atoms. The summed E-state index contributed by atoms with van der Waals surface area (Å²) in [6, 6.07) is 12.4. The lowest BCUT2D eigenvalue weighted by Gasteiger charge is -1.96. The lowest BCUT2D eigenvalue weighted by atomic mass is 10.1. The highest BCUT2D eigenvalue weighted by Crippen LogP contribution is 2.31. The second-order valence-corrected chi connectivity index (χ2v) is 3.52. The molecule has 1 nitrogen and oxygen atoms in total. The average molecular weight is 182 g/mol. The van der Waals surface area contributed by atoms with Crippen LogP contribution in [0.5, 0.6) is 0 Å². The van der Waals surface area contributed by atoms with Crippen molar-refractivity contribution in [2.75, 3.05) is 0 Å². The fourth-order valence-corrected chi connectivity index (χ4v) is 1.90. The average Bonchev–Trinajstić information content (AvgIpc) is 2.86. The molecule has 14 heavy (non-hydrogen) atoms. The van der Waals surface area contributed by atoms with Crippen LogP contribution in [0.25, 0.3) is 11.6 Å². The van der Waals surface area contributed by atoms with Crippen LogP contribution in [0.4, 0.5) is 0 Å². The molecular weight excluding hydrogens is 172 g/mol. The van der Waals surface area contributed by atoms with Crippen LogP contribution in [-0.2, 0) is 6.42 Å². The fourth-order valence-electron chi connectivity index (χ4n) is 1.90. The summed E-state index contributed by atoms with van der Waals surface area (Å²) in [7, 11) is 0. The van der Waals surface area contributed by atoms with Gasteiger partial charge >= 0.3 is 0 Å². The number of rotatable bonds is 1. The van der Waals surface area contributed by atoms with E-state index >= 15 is 0 Å². The predicted octanol–water partition coefficient (Wildman–Crippen LogP) is 3.38. The van der Waals surface area contributed by atoms with Crippen molar-refractivity contribution in [3.05, 3.63) is 59.5 Å². The van der Waals surface area contributed by atoms with Crippen molar-refractivity contribution in [1.82, 2.24) is 0 Å². The first-order valence-electron chi connectivity index (χ1n) is 4.76. The van der Waals surface area contributed by atoms with E-state index in [-0.39, 0.29) is 0 Å². The molecule has 68 valence electrons. The van der Waals surface area contributed by atoms with Gasteiger partial charge in [0, 0.05) is 6.42 Å². The van der Waals surface area contributed by atoms with E-state index < -0.39 is 0 Å². The van der Waals surface area contributed by atoms with E-state index in [0.717, 1.165) is 12.2 Å². The molecule has 1 aromatic carbocycles. The van der Waals surface area contributed by atoms with Crippen LogP contribution in [0.3, 0.4) is 0 Å². The maximum absolute atomic E-state index is 5.38. The Kier molecular flexibility index (Phi) is 1.57. The van der Waals surface area contributed by atoms with Crippen LogP contribution in [0, 0.1) is 0 Å². The van der Waals surface area contributed by atoms with Crippen molar-refractivity contribution in [3.63, 3.8) is 0 Å². The highest BCUT2D eigenvalue weighted by molar-refractivity contribution is 5.86. The van der Waals surface area contributed by atoms with Crippen molar-refractivity contribution in [2.24, 2.45) is 0 Å². The van der Waals surface area contributed by atoms with Gasteiger partial charge in [-0.05, 0) is 34.9 Å². The molecule has 0 atom stereocenters. The Morgan fingerprint density at radius 1 is 1.00 bits per heavy atom. The van der Waals surface area contributed by atoms with E-state index in [1.165, 1.54) is 16.7 Å². The molecule has 0 unspecified atom stereocenters. The van der Waals surface area contributed by atoms with Crippen molar-refractivity contribution in [1.29, 1.82) is 0 Å². The Balaban J connectivity index is 2.04. The number of hydrogen-bond acceptors (Lipinski definition) is 1. The molecule has 3 rings (SSSR count). The third kappa shape index (κ3) is 1.10. The lowest BCUT2D eigenvalue weighted by molar-refractivity contribution is 0.552. The van der Waals surface area contributed by atoms with Crippen molar-refractivity contribution in [3.8, 4) is 0 Å². The van der Waals surface area contributed by atoms with Gasteiger partial charge in [0.1, 0.15) is 5.76 Å². The molecule has 1 aliphatic rings. The zero-order chi connectivity index (χ0) is 9.38. The summed E-state index contributed by atoms with van der Waals surface area (Å²) >= 11 is 0. The van der Waals surface area contributed by atoms with Crippen LogP contribution in [0.2, 0.25) is 0 Å². The van der Waals surface area contributed by atoms with Gasteiger partial charge in [-0.2, -0.15) is 0 Å². The maximum atomic E-state index is 5.38. The second kappa shape index (κ2) is 2.88. The van der Waals surface area contributed by atoms with Gasteiger partial charge in [-0.1, -0.05) is 24.3 Å². The van der Waals surface area contributed by atoms with Gasteiger partial charge in [0.15, 0.2) is 0 Å². The molecule has 1 heteroatoms. The summed E-state index contributed by atoms with van der Waals surface area (Å²) in [6.07, 6.45) is 4.91. The summed E-state index contributed by atoms with van der Waals surface area (Å²) in [6.45, 7) is 0. The number of allylic oxidation sites excluding steroid dienone is 1. The summed E-state index contributed by atoms with van der Waals surface area (Å²) in [5.41, 5.74) is 3.98. The quantitative estimate of drug-likeness (QED) is 0.659. The first kappa shape index (κ1) is 7.63. The van der Waals surface area contributed by atoms with Crippen LogP contribution in [0.1, 0.15) is 16.9 Å². The van der Waals surface area contributed by atoms with E-state index in [4.69, 9.17) is 4.42 Å². The summed E-state index contributed by atoms with van der Waals surface area (Å²) in [5, 5.41) is 0. The van der Waals surface area contributed by atoms with Gasteiger partial charge in [-0.15, -0.1) is 0 Å². The molecule has 0 radical (unpaired) electrons. The molecule has 0 amide bonds. The molecule has 1 aromatic heterocycles. The highest BCUT2D eigenvalue weighted by Gasteiger charge is 2.14. The minimum atomic E-state index is 0.987. The zero-order valence-electron chi connectivity index (χ0n) is 7.73. The Hall–Kier alpha value is -1.76. The van der Waals surface area contributed by atoms with E-state index in [1.54, 1.807) is 6.26 Å². The number of fused-ring (bicyclic) bond motifs is 1. The first-order valence-corrected chi connectivity index (χ1v) is 4.76. The van der Waals surface area contributed by atoms with Crippen LogP contribution >= 0.6 is 0 Å². The van der Waals surface area contributed by atoms with E-state index in [9.17, 15) is 0 Å². The zero-order valence-corrected chi connectivity index (χ0v) is 7.73. The standard InChI is InChI=1S/C13H10O/c1-2-5-11-9-12(8-10(11)4-1)13-6-3-7-14-13/h1-8H,9H2. The molecule has 1 aliphatic carbocycles. The topological polar surface area (TPSA) is 13.1 Å². The van der Waals surface area contributed by atoms with Gasteiger partial charge in [-0.3, -0.25) is 0 Å². The van der Waals surface area contributed by atoms with Gasteiger partial charge in [-0.25, -0.2) is 0 Å². The van der Waals surface area contributed by atoms with Crippen LogP contribution in [-0.4, -0.2) is 0 Å². The summed E-state index contributed by atoms with van der Waals surface area (Å²) < 4.78 is 5.38. The minimum Gasteiger partial charge on any atom is -0.465 e. The van der Waals surface area contributed by atoms with Crippen molar-refractivity contribution in [2.45, 2.75) is 6.42 Å². The smallest absolute Gasteiger partial charge is 0.130 e. The highest BCUT2D eigenvalue weighted by atomic mass is 16.3. The van der Waals surface area contributed by atoms with Crippen molar-refractivity contribution < 1.29 is 4.42 Å². The van der Waals surface area contributed by atoms with E-state index in [2.05, 4.69) is 30.3 Å². The second-order valence-electron chi connectivity index (χ2n) is 3.52. The first-order chi connectivity index (χ1) is 6.93. The predicted molar refractivity (Wildman–Crippen MR) is 56.7 cm³/mol. The molecule has 0 fully saturated rings. The molecule has 0 spiro atoms. The molecule has 0 aliphatic heterocycles. The maximum Gasteiger partial charge on any atom is 0.130 e. The molecule has 2 aromatic rings. The van der Waals surface area contributed by atoms with Gasteiger partial charge in [0.25, 0.3) is 0 Å². The normalized spacial score (nSPS) is 13.9. The number of benzene rings is 1. The molecule has 0 N–H and O–H groups in total. The SMILES string of the molecule is C1=C(c2ccco2)Cc2ccccc21. The van der Waals surface area contributed by atoms with Gasteiger partial charge < -0.3 is 4.42 Å². The lowest BCUT2D eigenvalue weighted by Crippen LogP contribution is -1.82. The Bertz CT molecular complexity index is 478.